The summed E-state index contributed by atoms with van der Waals surface area (Å²) in [5.41, 5.74) is 2.11. The zero-order valence-electron chi connectivity index (χ0n) is 17.1. The van der Waals surface area contributed by atoms with Crippen LogP contribution in [0.5, 0.6) is 11.5 Å². The monoisotopic (exact) mass is 392 g/mol. The van der Waals surface area contributed by atoms with E-state index in [-0.39, 0.29) is 5.91 Å². The Hall–Kier alpha value is -3.05. The van der Waals surface area contributed by atoms with Crippen molar-refractivity contribution in [3.05, 3.63) is 71.8 Å². The minimum absolute atomic E-state index is 0.0410. The van der Waals surface area contributed by atoms with Gasteiger partial charge in [0.1, 0.15) is 0 Å². The third-order valence-corrected chi connectivity index (χ3v) is 4.98. The van der Waals surface area contributed by atoms with Gasteiger partial charge >= 0.3 is 0 Å². The Bertz CT molecular complexity index is 854. The van der Waals surface area contributed by atoms with E-state index in [0.717, 1.165) is 38.3 Å². The van der Waals surface area contributed by atoms with Crippen LogP contribution in [-0.4, -0.2) is 62.7 Å². The van der Waals surface area contributed by atoms with E-state index >= 15 is 0 Å². The summed E-state index contributed by atoms with van der Waals surface area (Å²) >= 11 is 0. The molecule has 0 atom stereocenters. The third-order valence-electron chi connectivity index (χ3n) is 4.98. The maximum atomic E-state index is 12.5. The average Bonchev–Trinajstić information content (AvgIpc) is 2.78. The Balaban J connectivity index is 1.47. The zero-order chi connectivity index (χ0) is 20.5. The van der Waals surface area contributed by atoms with Crippen LogP contribution in [-0.2, 0) is 4.79 Å². The molecule has 1 saturated heterocycles. The van der Waals surface area contributed by atoms with Crippen LogP contribution < -0.4 is 9.47 Å². The molecule has 152 valence electrons. The van der Waals surface area contributed by atoms with E-state index in [0.29, 0.717) is 11.5 Å². The molecule has 1 aliphatic rings. The van der Waals surface area contributed by atoms with Crippen molar-refractivity contribution in [3.63, 3.8) is 0 Å². The van der Waals surface area contributed by atoms with Crippen LogP contribution in [0, 0.1) is 0 Å². The molecule has 1 fully saturated rings. The summed E-state index contributed by atoms with van der Waals surface area (Å²) in [5.74, 6) is 1.37. The Morgan fingerprint density at radius 2 is 1.62 bits per heavy atom. The molecule has 0 unspecified atom stereocenters. The van der Waals surface area contributed by atoms with Gasteiger partial charge in [-0.1, -0.05) is 48.6 Å². The molecule has 2 aromatic rings. The van der Waals surface area contributed by atoms with Crippen molar-refractivity contribution in [2.45, 2.75) is 0 Å². The topological polar surface area (TPSA) is 42.0 Å². The lowest BCUT2D eigenvalue weighted by molar-refractivity contribution is -0.127. The van der Waals surface area contributed by atoms with Crippen LogP contribution in [0.25, 0.3) is 12.2 Å². The molecule has 5 heteroatoms. The lowest BCUT2D eigenvalue weighted by Gasteiger charge is -2.33. The highest BCUT2D eigenvalue weighted by Crippen LogP contribution is 2.28. The van der Waals surface area contributed by atoms with E-state index in [9.17, 15) is 4.79 Å². The minimum Gasteiger partial charge on any atom is -0.493 e. The van der Waals surface area contributed by atoms with E-state index < -0.39 is 0 Å². The first-order chi connectivity index (χ1) is 14.2. The largest absolute Gasteiger partial charge is 0.493 e. The highest BCUT2D eigenvalue weighted by atomic mass is 16.5. The first-order valence-corrected chi connectivity index (χ1v) is 9.82. The summed E-state index contributed by atoms with van der Waals surface area (Å²) in [6.07, 6.45) is 7.78. The van der Waals surface area contributed by atoms with Crippen LogP contribution in [0.1, 0.15) is 11.1 Å². The van der Waals surface area contributed by atoms with Crippen LogP contribution in [0.3, 0.4) is 0 Å². The number of nitrogens with zero attached hydrogens (tertiary/aromatic N) is 2. The lowest BCUT2D eigenvalue weighted by Crippen LogP contribution is -2.48. The Kier molecular flexibility index (Phi) is 7.47. The molecule has 0 aliphatic carbocycles. The quantitative estimate of drug-likeness (QED) is 0.676. The van der Waals surface area contributed by atoms with Crippen molar-refractivity contribution in [1.29, 1.82) is 0 Å². The first-order valence-electron chi connectivity index (χ1n) is 9.82. The number of ether oxygens (including phenoxy) is 2. The Morgan fingerprint density at radius 3 is 2.31 bits per heavy atom. The molecular weight excluding hydrogens is 364 g/mol. The molecule has 5 nitrogen and oxygen atoms in total. The summed E-state index contributed by atoms with van der Waals surface area (Å²) in [5, 5.41) is 0. The number of benzene rings is 2. The van der Waals surface area contributed by atoms with Crippen LogP contribution in [0.15, 0.2) is 60.7 Å². The van der Waals surface area contributed by atoms with Gasteiger partial charge in [-0.15, -0.1) is 0 Å². The van der Waals surface area contributed by atoms with E-state index in [1.165, 1.54) is 5.56 Å². The maximum absolute atomic E-state index is 12.5. The number of amides is 1. The summed E-state index contributed by atoms with van der Waals surface area (Å²) in [6, 6.07) is 15.9. The van der Waals surface area contributed by atoms with E-state index in [1.807, 2.05) is 47.4 Å². The van der Waals surface area contributed by atoms with Crippen molar-refractivity contribution in [1.82, 2.24) is 9.80 Å². The third kappa shape index (κ3) is 5.96. The molecular formula is C24H28N2O3. The number of hydrogen-bond acceptors (Lipinski definition) is 4. The van der Waals surface area contributed by atoms with Gasteiger partial charge in [0, 0.05) is 38.8 Å². The van der Waals surface area contributed by atoms with Gasteiger partial charge in [-0.25, -0.2) is 0 Å². The highest BCUT2D eigenvalue weighted by molar-refractivity contribution is 5.92. The molecule has 0 radical (unpaired) electrons. The van der Waals surface area contributed by atoms with Gasteiger partial charge in [0.25, 0.3) is 0 Å². The summed E-state index contributed by atoms with van der Waals surface area (Å²) in [7, 11) is 3.21. The normalized spacial score (nSPS) is 15.2. The van der Waals surface area contributed by atoms with Gasteiger partial charge in [-0.2, -0.15) is 0 Å². The molecule has 1 amide bonds. The van der Waals surface area contributed by atoms with Gasteiger partial charge in [-0.3, -0.25) is 9.69 Å². The molecule has 1 aliphatic heterocycles. The fourth-order valence-corrected chi connectivity index (χ4v) is 3.28. The van der Waals surface area contributed by atoms with Crippen LogP contribution in [0.4, 0.5) is 0 Å². The van der Waals surface area contributed by atoms with E-state index in [4.69, 9.17) is 9.47 Å². The van der Waals surface area contributed by atoms with Crippen molar-refractivity contribution >= 4 is 18.1 Å². The van der Waals surface area contributed by atoms with Crippen molar-refractivity contribution < 1.29 is 14.3 Å². The van der Waals surface area contributed by atoms with Gasteiger partial charge in [0.05, 0.1) is 14.2 Å². The maximum Gasteiger partial charge on any atom is 0.246 e. The lowest BCUT2D eigenvalue weighted by atomic mass is 10.2. The smallest absolute Gasteiger partial charge is 0.246 e. The zero-order valence-corrected chi connectivity index (χ0v) is 17.1. The number of carbonyl (C=O) groups is 1. The highest BCUT2D eigenvalue weighted by Gasteiger charge is 2.18. The van der Waals surface area contributed by atoms with Crippen molar-refractivity contribution in [2.75, 3.05) is 46.9 Å². The molecule has 1 heterocycles. The number of methoxy groups -OCH3 is 2. The molecule has 0 spiro atoms. The van der Waals surface area contributed by atoms with E-state index in [1.54, 1.807) is 20.3 Å². The van der Waals surface area contributed by atoms with E-state index in [2.05, 4.69) is 29.2 Å². The van der Waals surface area contributed by atoms with Gasteiger partial charge in [0.2, 0.25) is 5.91 Å². The second kappa shape index (κ2) is 10.5. The molecule has 2 aromatic carbocycles. The number of rotatable bonds is 7. The predicted octanol–water partition coefficient (Wildman–Crippen LogP) is 3.57. The van der Waals surface area contributed by atoms with Crippen molar-refractivity contribution in [3.8, 4) is 11.5 Å². The fourth-order valence-electron chi connectivity index (χ4n) is 3.28. The summed E-state index contributed by atoms with van der Waals surface area (Å²) < 4.78 is 10.5. The molecule has 29 heavy (non-hydrogen) atoms. The number of hydrogen-bond donors (Lipinski definition) is 0. The Morgan fingerprint density at radius 1 is 0.897 bits per heavy atom. The molecule has 0 aromatic heterocycles. The van der Waals surface area contributed by atoms with Gasteiger partial charge < -0.3 is 14.4 Å². The van der Waals surface area contributed by atoms with Crippen LogP contribution in [0.2, 0.25) is 0 Å². The minimum atomic E-state index is 0.0410. The Labute approximate surface area is 172 Å². The standard InChI is InChI=1S/C24H28N2O3/c1-28-22-12-10-21(19-23(22)29-2)11-13-24(27)26-17-15-25(16-18-26)14-6-9-20-7-4-3-5-8-20/h3-13,19H,14-18H2,1-2H3/b9-6-,13-11+. The first kappa shape index (κ1) is 20.7. The molecule has 0 saturated carbocycles. The number of piperazine rings is 1. The van der Waals surface area contributed by atoms with Gasteiger partial charge in [-0.05, 0) is 29.3 Å². The molecule has 0 bridgehead atoms. The molecule has 0 N–H and O–H groups in total. The average molecular weight is 392 g/mol. The SMILES string of the molecule is COc1ccc(/C=C/C(=O)N2CCN(C/C=C\c3ccccc3)CC2)cc1OC. The predicted molar refractivity (Wildman–Crippen MR) is 117 cm³/mol. The molecule has 3 rings (SSSR count). The second-order valence-electron chi connectivity index (χ2n) is 6.89. The summed E-state index contributed by atoms with van der Waals surface area (Å²) in [6.45, 7) is 4.16. The summed E-state index contributed by atoms with van der Waals surface area (Å²) in [4.78, 5) is 16.8. The number of carbonyl (C=O) groups excluding carboxylic acids is 1. The fraction of sp³-hybridized carbons (Fsp3) is 0.292. The van der Waals surface area contributed by atoms with Crippen molar-refractivity contribution in [2.24, 2.45) is 0 Å². The van der Waals surface area contributed by atoms with Crippen LogP contribution >= 0.6 is 0 Å². The van der Waals surface area contributed by atoms with Gasteiger partial charge in [0.15, 0.2) is 11.5 Å². The second-order valence-corrected chi connectivity index (χ2v) is 6.89.